The third-order valence-electron chi connectivity index (χ3n) is 12.6. The fraction of sp³-hybridized carbons (Fsp3) is 0.734. The Labute approximate surface area is 433 Å². The molecule has 402 valence electrons. The highest BCUT2D eigenvalue weighted by Gasteiger charge is 2.19. The van der Waals surface area contributed by atoms with Gasteiger partial charge in [-0.05, 0) is 116 Å². The molecule has 6 nitrogen and oxygen atoms in total. The average Bonchev–Trinajstić information content (AvgIpc) is 3.36. The third-order valence-corrected chi connectivity index (χ3v) is 12.6. The zero-order chi connectivity index (χ0) is 50.7. The topological polar surface area (TPSA) is 78.9 Å². The Morgan fingerprint density at radius 2 is 0.557 bits per heavy atom. The molecule has 1 atom stereocenters. The monoisotopic (exact) mass is 975 g/mol. The summed E-state index contributed by atoms with van der Waals surface area (Å²) >= 11 is 0. The van der Waals surface area contributed by atoms with Crippen molar-refractivity contribution in [3.05, 3.63) is 85.1 Å². The molecule has 0 aliphatic carbocycles. The molecule has 0 saturated heterocycles. The summed E-state index contributed by atoms with van der Waals surface area (Å²) in [6.45, 7) is 6.50. The van der Waals surface area contributed by atoms with E-state index in [2.05, 4.69) is 106 Å². The maximum atomic E-state index is 12.8. The van der Waals surface area contributed by atoms with E-state index >= 15 is 0 Å². The van der Waals surface area contributed by atoms with Crippen LogP contribution >= 0.6 is 0 Å². The number of hydrogen-bond acceptors (Lipinski definition) is 6. The summed E-state index contributed by atoms with van der Waals surface area (Å²) in [5.41, 5.74) is 0. The van der Waals surface area contributed by atoms with Crippen LogP contribution in [0.2, 0.25) is 0 Å². The second-order valence-electron chi connectivity index (χ2n) is 19.5. The number of ether oxygens (including phenoxy) is 3. The van der Waals surface area contributed by atoms with Crippen molar-refractivity contribution in [1.29, 1.82) is 0 Å². The summed E-state index contributed by atoms with van der Waals surface area (Å²) in [7, 11) is 0. The number of esters is 3. The molecule has 1 unspecified atom stereocenters. The minimum atomic E-state index is -0.786. The van der Waals surface area contributed by atoms with Gasteiger partial charge in [0.2, 0.25) is 0 Å². The van der Waals surface area contributed by atoms with E-state index in [1.807, 2.05) is 0 Å². The zero-order valence-electron chi connectivity index (χ0n) is 46.0. The quantitative estimate of drug-likeness (QED) is 0.0261. The Bertz CT molecular complexity index is 1350. The molecule has 0 radical (unpaired) electrons. The van der Waals surface area contributed by atoms with Crippen molar-refractivity contribution in [2.75, 3.05) is 13.2 Å². The van der Waals surface area contributed by atoms with Crippen LogP contribution in [0.4, 0.5) is 0 Å². The van der Waals surface area contributed by atoms with Gasteiger partial charge in [-0.25, -0.2) is 0 Å². The summed E-state index contributed by atoms with van der Waals surface area (Å²) < 4.78 is 16.9. The molecule has 0 bridgehead atoms. The lowest BCUT2D eigenvalue weighted by Crippen LogP contribution is -2.30. The molecule has 0 N–H and O–H groups in total. The Morgan fingerprint density at radius 1 is 0.300 bits per heavy atom. The predicted molar refractivity (Wildman–Crippen MR) is 302 cm³/mol. The van der Waals surface area contributed by atoms with Crippen LogP contribution in [0, 0.1) is 0 Å². The van der Waals surface area contributed by atoms with Crippen LogP contribution in [0.1, 0.15) is 284 Å². The van der Waals surface area contributed by atoms with Gasteiger partial charge in [-0.1, -0.05) is 234 Å². The van der Waals surface area contributed by atoms with Crippen molar-refractivity contribution in [3.63, 3.8) is 0 Å². The number of carbonyl (C=O) groups is 3. The third kappa shape index (κ3) is 55.5. The van der Waals surface area contributed by atoms with E-state index < -0.39 is 6.10 Å². The molecule has 0 fully saturated rings. The minimum absolute atomic E-state index is 0.0849. The molecule has 0 aromatic rings. The SMILES string of the molecule is CC/C=C\C/C=C\C/C=C\C/C=C\C/C=C\CCCCCCCCCCCC(=O)OCC(COC(=O)CCCCCCC/C=C\CCCCCC)OC(=O)CCCCCCC/C=C\CCCCCCC. The predicted octanol–water partition coefficient (Wildman–Crippen LogP) is 19.9. The fourth-order valence-electron chi connectivity index (χ4n) is 8.16. The van der Waals surface area contributed by atoms with Gasteiger partial charge in [-0.3, -0.25) is 14.4 Å². The lowest BCUT2D eigenvalue weighted by Gasteiger charge is -2.18. The van der Waals surface area contributed by atoms with Crippen molar-refractivity contribution in [1.82, 2.24) is 0 Å². The molecule has 0 aromatic heterocycles. The number of carbonyl (C=O) groups excluding carboxylic acids is 3. The molecule has 0 aliphatic rings. The number of allylic oxidation sites excluding steroid dienone is 14. The van der Waals surface area contributed by atoms with Crippen LogP contribution in [0.5, 0.6) is 0 Å². The Hall–Kier alpha value is -3.41. The molecule has 70 heavy (non-hydrogen) atoms. The van der Waals surface area contributed by atoms with Crippen molar-refractivity contribution in [3.8, 4) is 0 Å². The van der Waals surface area contributed by atoms with Gasteiger partial charge in [0.25, 0.3) is 0 Å². The molecule has 0 saturated carbocycles. The Morgan fingerprint density at radius 3 is 0.900 bits per heavy atom. The van der Waals surface area contributed by atoms with Gasteiger partial charge in [0.05, 0.1) is 0 Å². The largest absolute Gasteiger partial charge is 0.462 e. The summed E-state index contributed by atoms with van der Waals surface area (Å²) in [6.07, 6.45) is 75.7. The van der Waals surface area contributed by atoms with Gasteiger partial charge in [0, 0.05) is 19.3 Å². The van der Waals surface area contributed by atoms with Crippen LogP contribution in [-0.4, -0.2) is 37.2 Å². The van der Waals surface area contributed by atoms with Crippen LogP contribution < -0.4 is 0 Å². The highest BCUT2D eigenvalue weighted by atomic mass is 16.6. The van der Waals surface area contributed by atoms with E-state index in [4.69, 9.17) is 14.2 Å². The van der Waals surface area contributed by atoms with Gasteiger partial charge in [0.1, 0.15) is 13.2 Å². The van der Waals surface area contributed by atoms with Crippen LogP contribution in [0.15, 0.2) is 85.1 Å². The molecule has 0 spiro atoms. The molecule has 0 aliphatic heterocycles. The number of hydrogen-bond donors (Lipinski definition) is 0. The summed E-state index contributed by atoms with van der Waals surface area (Å²) in [6, 6.07) is 0. The molecule has 6 heteroatoms. The van der Waals surface area contributed by atoms with Crippen molar-refractivity contribution in [2.24, 2.45) is 0 Å². The Balaban J connectivity index is 4.32. The van der Waals surface area contributed by atoms with Crippen LogP contribution in [-0.2, 0) is 28.6 Å². The average molecular weight is 976 g/mol. The van der Waals surface area contributed by atoms with Crippen molar-refractivity contribution < 1.29 is 28.6 Å². The molecule has 0 heterocycles. The van der Waals surface area contributed by atoms with E-state index in [9.17, 15) is 14.4 Å². The molecule has 0 rings (SSSR count). The van der Waals surface area contributed by atoms with Gasteiger partial charge < -0.3 is 14.2 Å². The maximum absolute atomic E-state index is 12.8. The first-order chi connectivity index (χ1) is 34.5. The van der Waals surface area contributed by atoms with Gasteiger partial charge in [0.15, 0.2) is 6.10 Å². The zero-order valence-corrected chi connectivity index (χ0v) is 46.0. The minimum Gasteiger partial charge on any atom is -0.462 e. The Kier molecular flexibility index (Phi) is 55.3. The summed E-state index contributed by atoms with van der Waals surface area (Å²) in [5, 5.41) is 0. The molecule has 0 amide bonds. The van der Waals surface area contributed by atoms with E-state index in [0.717, 1.165) is 116 Å². The van der Waals surface area contributed by atoms with Crippen molar-refractivity contribution >= 4 is 17.9 Å². The molecular weight excluding hydrogens is 865 g/mol. The van der Waals surface area contributed by atoms with Crippen LogP contribution in [0.25, 0.3) is 0 Å². The lowest BCUT2D eigenvalue weighted by atomic mass is 10.1. The summed E-state index contributed by atoms with van der Waals surface area (Å²) in [5.74, 6) is -0.902. The van der Waals surface area contributed by atoms with E-state index in [1.54, 1.807) is 0 Å². The first kappa shape index (κ1) is 66.6. The first-order valence-electron chi connectivity index (χ1n) is 29.6. The standard InChI is InChI=1S/C64H110O6/c1-4-7-10-13-16-19-22-25-27-28-29-30-31-32-33-34-35-36-37-40-42-45-48-51-54-57-63(66)69-60-61(59-68-62(65)56-53-50-47-44-41-38-24-21-18-15-12-9-6-3)70-64(67)58-55-52-49-46-43-39-26-23-20-17-14-11-8-5-2/h7,10,16,19,21,23-27,29-30,32-33,61H,4-6,8-9,11-15,17-18,20,22,28,31,34-60H2,1-3H3/b10-7-,19-16-,24-21-,26-23-,27-25-,30-29-,33-32-. The van der Waals surface area contributed by atoms with E-state index in [0.29, 0.717) is 19.3 Å². The smallest absolute Gasteiger partial charge is 0.306 e. The van der Waals surface area contributed by atoms with E-state index in [1.165, 1.54) is 128 Å². The molecular formula is C64H110O6. The van der Waals surface area contributed by atoms with E-state index in [-0.39, 0.29) is 31.1 Å². The second-order valence-corrected chi connectivity index (χ2v) is 19.5. The number of unbranched alkanes of at least 4 members (excludes halogenated alkanes) is 28. The van der Waals surface area contributed by atoms with Gasteiger partial charge in [-0.15, -0.1) is 0 Å². The van der Waals surface area contributed by atoms with Gasteiger partial charge in [-0.2, -0.15) is 0 Å². The molecule has 0 aromatic carbocycles. The first-order valence-corrected chi connectivity index (χ1v) is 29.6. The van der Waals surface area contributed by atoms with Crippen molar-refractivity contribution in [2.45, 2.75) is 290 Å². The number of rotatable bonds is 53. The maximum Gasteiger partial charge on any atom is 0.306 e. The normalized spacial score (nSPS) is 12.7. The van der Waals surface area contributed by atoms with Crippen LogP contribution in [0.3, 0.4) is 0 Å². The summed E-state index contributed by atoms with van der Waals surface area (Å²) in [4.78, 5) is 38.1. The fourth-order valence-corrected chi connectivity index (χ4v) is 8.16. The highest BCUT2D eigenvalue weighted by molar-refractivity contribution is 5.71. The second kappa shape index (κ2) is 58.2. The highest BCUT2D eigenvalue weighted by Crippen LogP contribution is 2.15. The van der Waals surface area contributed by atoms with Gasteiger partial charge >= 0.3 is 17.9 Å². The lowest BCUT2D eigenvalue weighted by molar-refractivity contribution is -0.167.